The summed E-state index contributed by atoms with van der Waals surface area (Å²) in [7, 11) is 0. The SMILES string of the molecule is Cc1cc(C(=O)N[C@H]2CCCNC2)nn1-c1ccccc1. The minimum Gasteiger partial charge on any atom is -0.347 e. The molecule has 21 heavy (non-hydrogen) atoms. The van der Waals surface area contributed by atoms with E-state index >= 15 is 0 Å². The second-order valence-electron chi connectivity index (χ2n) is 5.44. The van der Waals surface area contributed by atoms with E-state index in [0.717, 1.165) is 37.3 Å². The largest absolute Gasteiger partial charge is 0.347 e. The average Bonchev–Trinajstić information content (AvgIpc) is 2.91. The van der Waals surface area contributed by atoms with Gasteiger partial charge in [-0.2, -0.15) is 5.10 Å². The number of nitrogens with zero attached hydrogens (tertiary/aromatic N) is 2. The molecule has 3 rings (SSSR count). The monoisotopic (exact) mass is 284 g/mol. The third-order valence-corrected chi connectivity index (χ3v) is 3.75. The van der Waals surface area contributed by atoms with Crippen molar-refractivity contribution in [2.75, 3.05) is 13.1 Å². The molecule has 5 heteroatoms. The normalized spacial score (nSPS) is 18.4. The second kappa shape index (κ2) is 6.10. The Morgan fingerprint density at radius 2 is 2.19 bits per heavy atom. The summed E-state index contributed by atoms with van der Waals surface area (Å²) in [4.78, 5) is 12.3. The highest BCUT2D eigenvalue weighted by Crippen LogP contribution is 2.12. The fourth-order valence-corrected chi connectivity index (χ4v) is 2.65. The van der Waals surface area contributed by atoms with Gasteiger partial charge in [-0.25, -0.2) is 4.68 Å². The Morgan fingerprint density at radius 1 is 1.38 bits per heavy atom. The van der Waals surface area contributed by atoms with E-state index in [4.69, 9.17) is 0 Å². The molecule has 0 aliphatic carbocycles. The molecular formula is C16H20N4O. The van der Waals surface area contributed by atoms with E-state index in [1.165, 1.54) is 0 Å². The number of rotatable bonds is 3. The predicted octanol–water partition coefficient (Wildman–Crippen LogP) is 1.66. The highest BCUT2D eigenvalue weighted by atomic mass is 16.2. The lowest BCUT2D eigenvalue weighted by atomic mass is 10.1. The molecule has 1 aliphatic heterocycles. The first-order valence-electron chi connectivity index (χ1n) is 7.38. The first-order valence-corrected chi connectivity index (χ1v) is 7.38. The molecule has 110 valence electrons. The summed E-state index contributed by atoms with van der Waals surface area (Å²) in [5, 5.41) is 10.8. The molecule has 1 aromatic carbocycles. The minimum absolute atomic E-state index is 0.0959. The maximum absolute atomic E-state index is 12.3. The van der Waals surface area contributed by atoms with E-state index < -0.39 is 0 Å². The van der Waals surface area contributed by atoms with E-state index in [9.17, 15) is 4.79 Å². The fourth-order valence-electron chi connectivity index (χ4n) is 2.65. The van der Waals surface area contributed by atoms with Gasteiger partial charge >= 0.3 is 0 Å². The lowest BCUT2D eigenvalue weighted by Gasteiger charge is -2.23. The van der Waals surface area contributed by atoms with Crippen molar-refractivity contribution in [2.24, 2.45) is 0 Å². The van der Waals surface area contributed by atoms with Crippen LogP contribution in [0.15, 0.2) is 36.4 Å². The predicted molar refractivity (Wildman–Crippen MR) is 81.7 cm³/mol. The molecule has 1 amide bonds. The molecule has 2 heterocycles. The molecule has 1 fully saturated rings. The van der Waals surface area contributed by atoms with Gasteiger partial charge in [0, 0.05) is 18.3 Å². The standard InChI is InChI=1S/C16H20N4O/c1-12-10-15(16(21)18-13-6-5-9-17-11-13)19-20(12)14-7-3-2-4-8-14/h2-4,7-8,10,13,17H,5-6,9,11H2,1H3,(H,18,21)/t13-/m0/s1. The van der Waals surface area contributed by atoms with Crippen molar-refractivity contribution < 1.29 is 4.79 Å². The Morgan fingerprint density at radius 3 is 2.90 bits per heavy atom. The van der Waals surface area contributed by atoms with Crippen molar-refractivity contribution in [2.45, 2.75) is 25.8 Å². The molecule has 0 radical (unpaired) electrons. The van der Waals surface area contributed by atoms with Gasteiger partial charge in [-0.15, -0.1) is 0 Å². The van der Waals surface area contributed by atoms with E-state index in [2.05, 4.69) is 15.7 Å². The molecule has 5 nitrogen and oxygen atoms in total. The Hall–Kier alpha value is -2.14. The molecule has 1 aromatic heterocycles. The van der Waals surface area contributed by atoms with Crippen molar-refractivity contribution in [3.8, 4) is 5.69 Å². The Kier molecular flexibility index (Phi) is 4.01. The topological polar surface area (TPSA) is 59.0 Å². The molecule has 1 atom stereocenters. The molecule has 0 bridgehead atoms. The quantitative estimate of drug-likeness (QED) is 0.901. The number of amides is 1. The highest BCUT2D eigenvalue weighted by Gasteiger charge is 2.19. The third-order valence-electron chi connectivity index (χ3n) is 3.75. The van der Waals surface area contributed by atoms with Crippen LogP contribution in [0.25, 0.3) is 5.69 Å². The molecule has 2 N–H and O–H groups in total. The van der Waals surface area contributed by atoms with Crippen LogP contribution in [0, 0.1) is 6.92 Å². The molecule has 0 spiro atoms. The molecule has 1 saturated heterocycles. The summed E-state index contributed by atoms with van der Waals surface area (Å²) in [5.74, 6) is -0.0959. The summed E-state index contributed by atoms with van der Waals surface area (Å²) in [6.45, 7) is 3.83. The van der Waals surface area contributed by atoms with Crippen LogP contribution >= 0.6 is 0 Å². The van der Waals surface area contributed by atoms with E-state index in [1.54, 1.807) is 4.68 Å². The number of para-hydroxylation sites is 1. The smallest absolute Gasteiger partial charge is 0.272 e. The molecule has 0 saturated carbocycles. The summed E-state index contributed by atoms with van der Waals surface area (Å²) in [6, 6.07) is 11.9. The van der Waals surface area contributed by atoms with Gasteiger partial charge < -0.3 is 10.6 Å². The van der Waals surface area contributed by atoms with Crippen molar-refractivity contribution in [3.63, 3.8) is 0 Å². The number of carbonyl (C=O) groups excluding carboxylic acids is 1. The number of hydrogen-bond acceptors (Lipinski definition) is 3. The fraction of sp³-hybridized carbons (Fsp3) is 0.375. The zero-order valence-corrected chi connectivity index (χ0v) is 12.2. The minimum atomic E-state index is -0.0959. The molecule has 0 unspecified atom stereocenters. The number of carbonyl (C=O) groups is 1. The summed E-state index contributed by atoms with van der Waals surface area (Å²) >= 11 is 0. The molecular weight excluding hydrogens is 264 g/mol. The van der Waals surface area contributed by atoms with Crippen LogP contribution < -0.4 is 10.6 Å². The Balaban J connectivity index is 1.75. The molecule has 1 aliphatic rings. The average molecular weight is 284 g/mol. The van der Waals surface area contributed by atoms with Gasteiger partial charge in [-0.3, -0.25) is 4.79 Å². The van der Waals surface area contributed by atoms with Crippen molar-refractivity contribution in [3.05, 3.63) is 47.8 Å². The van der Waals surface area contributed by atoms with Gasteiger partial charge in [0.1, 0.15) is 0 Å². The molecule has 2 aromatic rings. The van der Waals surface area contributed by atoms with Gasteiger partial charge in [0.25, 0.3) is 5.91 Å². The summed E-state index contributed by atoms with van der Waals surface area (Å²) < 4.78 is 1.80. The Bertz CT molecular complexity index is 614. The van der Waals surface area contributed by atoms with Crippen LogP contribution in [0.1, 0.15) is 29.0 Å². The zero-order valence-electron chi connectivity index (χ0n) is 12.2. The van der Waals surface area contributed by atoms with Gasteiger partial charge in [-0.05, 0) is 44.5 Å². The van der Waals surface area contributed by atoms with Crippen molar-refractivity contribution in [1.29, 1.82) is 0 Å². The van der Waals surface area contributed by atoms with E-state index in [0.29, 0.717) is 5.69 Å². The van der Waals surface area contributed by atoms with Crippen LogP contribution in [0.5, 0.6) is 0 Å². The number of hydrogen-bond donors (Lipinski definition) is 2. The zero-order chi connectivity index (χ0) is 14.7. The van der Waals surface area contributed by atoms with E-state index in [1.807, 2.05) is 43.3 Å². The summed E-state index contributed by atoms with van der Waals surface area (Å²) in [6.07, 6.45) is 2.12. The van der Waals surface area contributed by atoms with Gasteiger partial charge in [-0.1, -0.05) is 18.2 Å². The van der Waals surface area contributed by atoms with Gasteiger partial charge in [0.15, 0.2) is 5.69 Å². The van der Waals surface area contributed by atoms with Gasteiger partial charge in [0.2, 0.25) is 0 Å². The maximum Gasteiger partial charge on any atom is 0.272 e. The van der Waals surface area contributed by atoms with Crippen LogP contribution in [-0.4, -0.2) is 34.8 Å². The first kappa shape index (κ1) is 13.8. The number of aryl methyl sites for hydroxylation is 1. The number of piperidine rings is 1. The lowest BCUT2D eigenvalue weighted by molar-refractivity contribution is 0.0925. The highest BCUT2D eigenvalue weighted by molar-refractivity contribution is 5.92. The Labute approximate surface area is 124 Å². The van der Waals surface area contributed by atoms with Crippen molar-refractivity contribution in [1.82, 2.24) is 20.4 Å². The number of benzene rings is 1. The van der Waals surface area contributed by atoms with Crippen molar-refractivity contribution >= 4 is 5.91 Å². The lowest BCUT2D eigenvalue weighted by Crippen LogP contribution is -2.45. The first-order chi connectivity index (χ1) is 10.2. The number of aromatic nitrogens is 2. The summed E-state index contributed by atoms with van der Waals surface area (Å²) in [5.41, 5.74) is 2.39. The van der Waals surface area contributed by atoms with Crippen LogP contribution in [0.4, 0.5) is 0 Å². The second-order valence-corrected chi connectivity index (χ2v) is 5.44. The third kappa shape index (κ3) is 3.13. The van der Waals surface area contributed by atoms with Crippen LogP contribution in [0.2, 0.25) is 0 Å². The number of nitrogens with one attached hydrogen (secondary N) is 2. The van der Waals surface area contributed by atoms with Crippen LogP contribution in [0.3, 0.4) is 0 Å². The van der Waals surface area contributed by atoms with E-state index in [-0.39, 0.29) is 11.9 Å². The van der Waals surface area contributed by atoms with Gasteiger partial charge in [0.05, 0.1) is 5.69 Å². The maximum atomic E-state index is 12.3. The van der Waals surface area contributed by atoms with Crippen LogP contribution in [-0.2, 0) is 0 Å².